The van der Waals surface area contributed by atoms with Crippen molar-refractivity contribution in [3.05, 3.63) is 40.2 Å². The number of hydrogen-bond acceptors (Lipinski definition) is 7. The zero-order valence-electron chi connectivity index (χ0n) is 27.1. The highest BCUT2D eigenvalue weighted by atomic mass is 28.4. The van der Waals surface area contributed by atoms with Crippen LogP contribution in [0.2, 0.25) is 33.2 Å². The van der Waals surface area contributed by atoms with E-state index >= 15 is 0 Å². The zero-order valence-corrected chi connectivity index (χ0v) is 29.1. The zero-order chi connectivity index (χ0) is 30.6. The molecular formula is C30H54N2O6Si2. The van der Waals surface area contributed by atoms with E-state index in [-0.39, 0.29) is 12.3 Å². The second kappa shape index (κ2) is 14.0. The van der Waals surface area contributed by atoms with Crippen LogP contribution in [0.5, 0.6) is 0 Å². The van der Waals surface area contributed by atoms with Crippen molar-refractivity contribution in [2.45, 2.75) is 135 Å². The minimum Gasteiger partial charge on any atom is -0.485 e. The predicted molar refractivity (Wildman–Crippen MR) is 167 cm³/mol. The van der Waals surface area contributed by atoms with Gasteiger partial charge in [0.1, 0.15) is 24.2 Å². The van der Waals surface area contributed by atoms with E-state index in [9.17, 15) is 10.1 Å². The number of nitrogens with zero attached hydrogens (tertiary/aromatic N) is 2. The first kappa shape index (κ1) is 34.6. The molecule has 0 bridgehead atoms. The van der Waals surface area contributed by atoms with Crippen LogP contribution in [0.1, 0.15) is 88.6 Å². The molecule has 0 fully saturated rings. The lowest BCUT2D eigenvalue weighted by Crippen LogP contribution is -2.60. The van der Waals surface area contributed by atoms with Crippen LogP contribution in [0, 0.1) is 10.1 Å². The SMILES string of the molecule is COC[C@H]1OC(c2ccncc2[N+](=O)[O-])=C[C@@H](O[Si](C(C)C)(C(C)C)C(C)C)[C@@H]1O[Si](C(C)C)(C(C)C)C(C)C. The number of rotatable bonds is 14. The first-order valence-corrected chi connectivity index (χ1v) is 19.2. The molecule has 1 aromatic rings. The number of hydrogen-bond donors (Lipinski definition) is 0. The van der Waals surface area contributed by atoms with Gasteiger partial charge in [0.15, 0.2) is 0 Å². The van der Waals surface area contributed by atoms with E-state index in [2.05, 4.69) is 88.1 Å². The van der Waals surface area contributed by atoms with Gasteiger partial charge in [0.25, 0.3) is 5.69 Å². The normalized spacial score (nSPS) is 20.7. The van der Waals surface area contributed by atoms with E-state index in [1.54, 1.807) is 19.4 Å². The second-order valence-electron chi connectivity index (χ2n) is 13.1. The van der Waals surface area contributed by atoms with Gasteiger partial charge < -0.3 is 18.3 Å². The Labute approximate surface area is 244 Å². The molecule has 3 atom stereocenters. The number of pyridine rings is 1. The van der Waals surface area contributed by atoms with Crippen molar-refractivity contribution in [3.8, 4) is 0 Å². The molecule has 1 aliphatic rings. The summed E-state index contributed by atoms with van der Waals surface area (Å²) >= 11 is 0. The Morgan fingerprint density at radius 1 is 0.875 bits per heavy atom. The minimum absolute atomic E-state index is 0.0987. The summed E-state index contributed by atoms with van der Waals surface area (Å²) in [6.45, 7) is 27.5. The first-order chi connectivity index (χ1) is 18.6. The minimum atomic E-state index is -2.38. The van der Waals surface area contributed by atoms with Crippen molar-refractivity contribution in [2.75, 3.05) is 13.7 Å². The van der Waals surface area contributed by atoms with Gasteiger partial charge in [-0.15, -0.1) is 0 Å². The molecule has 1 aromatic heterocycles. The average Bonchev–Trinajstić information content (AvgIpc) is 2.85. The molecule has 0 unspecified atom stereocenters. The van der Waals surface area contributed by atoms with E-state index < -0.39 is 39.9 Å². The monoisotopic (exact) mass is 594 g/mol. The lowest BCUT2D eigenvalue weighted by atomic mass is 10.0. The number of methoxy groups -OCH3 is 1. The van der Waals surface area contributed by atoms with Gasteiger partial charge in [0.2, 0.25) is 16.6 Å². The molecular weight excluding hydrogens is 541 g/mol. The number of aromatic nitrogens is 1. The van der Waals surface area contributed by atoms with Crippen LogP contribution >= 0.6 is 0 Å². The van der Waals surface area contributed by atoms with E-state index in [1.165, 1.54) is 6.20 Å². The summed E-state index contributed by atoms with van der Waals surface area (Å²) in [5, 5.41) is 11.9. The molecule has 0 radical (unpaired) electrons. The molecule has 2 rings (SSSR count). The summed E-state index contributed by atoms with van der Waals surface area (Å²) in [5.41, 5.74) is 2.45. The molecule has 0 aliphatic carbocycles. The first-order valence-electron chi connectivity index (χ1n) is 14.9. The van der Waals surface area contributed by atoms with Crippen molar-refractivity contribution >= 4 is 28.1 Å². The highest BCUT2D eigenvalue weighted by Gasteiger charge is 2.54. The topological polar surface area (TPSA) is 93.0 Å². The summed E-state index contributed by atoms with van der Waals surface area (Å²) < 4.78 is 27.1. The fourth-order valence-corrected chi connectivity index (χ4v) is 18.5. The molecule has 0 N–H and O–H groups in total. The van der Waals surface area contributed by atoms with Crippen LogP contribution in [0.15, 0.2) is 24.5 Å². The van der Waals surface area contributed by atoms with E-state index in [4.69, 9.17) is 18.3 Å². The molecule has 0 aromatic carbocycles. The summed E-state index contributed by atoms with van der Waals surface area (Å²) in [4.78, 5) is 15.5. The summed E-state index contributed by atoms with van der Waals surface area (Å²) in [5.74, 6) is 0.422. The maximum atomic E-state index is 11.9. The van der Waals surface area contributed by atoms with Crippen LogP contribution in [0.4, 0.5) is 5.69 Å². The van der Waals surface area contributed by atoms with Gasteiger partial charge in [-0.05, 0) is 45.4 Å². The molecule has 0 spiro atoms. The van der Waals surface area contributed by atoms with Gasteiger partial charge in [-0.2, -0.15) is 0 Å². The van der Waals surface area contributed by atoms with Crippen molar-refractivity contribution in [3.63, 3.8) is 0 Å². The van der Waals surface area contributed by atoms with Crippen LogP contribution in [-0.2, 0) is 18.3 Å². The Balaban J connectivity index is 2.86. The predicted octanol–water partition coefficient (Wildman–Crippen LogP) is 8.50. The molecule has 0 saturated heterocycles. The Bertz CT molecular complexity index is 968. The Hall–Kier alpha value is -1.60. The Morgan fingerprint density at radius 3 is 1.77 bits per heavy atom. The molecule has 0 amide bonds. The largest absolute Gasteiger partial charge is 0.485 e. The van der Waals surface area contributed by atoms with Gasteiger partial charge in [0.05, 0.1) is 23.2 Å². The third-order valence-electron chi connectivity index (χ3n) is 8.97. The van der Waals surface area contributed by atoms with Crippen LogP contribution in [0.3, 0.4) is 0 Å². The molecule has 228 valence electrons. The van der Waals surface area contributed by atoms with E-state index in [1.807, 2.05) is 6.08 Å². The van der Waals surface area contributed by atoms with Crippen LogP contribution in [0.25, 0.3) is 5.76 Å². The standard InChI is InChI=1S/C30H54N2O6Si2/c1-19(2)39(20(3)4,21(5)6)37-28-16-27(25-14-15-31-17-26(25)32(33)34)36-29(18-35-13)30(28)38-40(22(7)8,23(9)10)24(11)12/h14-17,19-24,28-30H,18H2,1-13H3/t28-,29-,30+/m1/s1. The lowest BCUT2D eigenvalue weighted by Gasteiger charge is -2.51. The van der Waals surface area contributed by atoms with Crippen LogP contribution in [-0.4, -0.2) is 58.6 Å². The Kier molecular flexibility index (Phi) is 12.2. The van der Waals surface area contributed by atoms with E-state index in [0.29, 0.717) is 44.6 Å². The van der Waals surface area contributed by atoms with E-state index in [0.717, 1.165) is 0 Å². The molecule has 2 heterocycles. The molecule has 0 saturated carbocycles. The maximum absolute atomic E-state index is 11.9. The van der Waals surface area contributed by atoms with Gasteiger partial charge in [-0.25, -0.2) is 0 Å². The second-order valence-corrected chi connectivity index (χ2v) is 23.9. The third kappa shape index (κ3) is 6.72. The van der Waals surface area contributed by atoms with Crippen molar-refractivity contribution in [1.29, 1.82) is 0 Å². The van der Waals surface area contributed by atoms with Gasteiger partial charge in [-0.3, -0.25) is 15.1 Å². The summed E-state index contributed by atoms with van der Waals surface area (Å²) in [6.07, 6.45) is 3.41. The highest BCUT2D eigenvalue weighted by molar-refractivity contribution is 6.78. The van der Waals surface area contributed by atoms with Gasteiger partial charge in [0, 0.05) is 13.3 Å². The fraction of sp³-hybridized carbons (Fsp3) is 0.767. The highest BCUT2D eigenvalue weighted by Crippen LogP contribution is 2.48. The maximum Gasteiger partial charge on any atom is 0.298 e. The molecule has 8 nitrogen and oxygen atoms in total. The summed E-state index contributed by atoms with van der Waals surface area (Å²) in [6, 6.07) is 1.64. The average molecular weight is 595 g/mol. The van der Waals surface area contributed by atoms with Crippen molar-refractivity contribution in [1.82, 2.24) is 4.98 Å². The molecule has 40 heavy (non-hydrogen) atoms. The Morgan fingerprint density at radius 2 is 1.35 bits per heavy atom. The number of ether oxygens (including phenoxy) is 2. The summed E-state index contributed by atoms with van der Waals surface area (Å²) in [7, 11) is -3.10. The molecule has 10 heteroatoms. The van der Waals surface area contributed by atoms with Gasteiger partial charge >= 0.3 is 0 Å². The van der Waals surface area contributed by atoms with Crippen molar-refractivity contribution < 1.29 is 23.2 Å². The lowest BCUT2D eigenvalue weighted by molar-refractivity contribution is -0.385. The fourth-order valence-electron chi connectivity index (χ4n) is 7.44. The van der Waals surface area contributed by atoms with Crippen molar-refractivity contribution in [2.24, 2.45) is 0 Å². The van der Waals surface area contributed by atoms with Crippen LogP contribution < -0.4 is 0 Å². The number of nitro groups is 1. The smallest absolute Gasteiger partial charge is 0.298 e. The molecule has 1 aliphatic heterocycles. The quantitative estimate of drug-likeness (QED) is 0.121. The third-order valence-corrected chi connectivity index (χ3v) is 21.2. The van der Waals surface area contributed by atoms with Gasteiger partial charge in [-0.1, -0.05) is 83.1 Å².